The number of hydrogen-bond donors (Lipinski definition) is 1. The second kappa shape index (κ2) is 13.8. The molecule has 14 heteroatoms. The Hall–Kier alpha value is -3.58. The molecule has 0 spiro atoms. The van der Waals surface area contributed by atoms with Gasteiger partial charge < -0.3 is 9.64 Å². The molecule has 1 N–H and O–H groups in total. The van der Waals surface area contributed by atoms with Crippen molar-refractivity contribution < 1.29 is 41.1 Å². The molecule has 5 atom stereocenters. The first-order valence-corrected chi connectivity index (χ1v) is 19.4. The van der Waals surface area contributed by atoms with Crippen LogP contribution in [0.5, 0.6) is 0 Å². The van der Waals surface area contributed by atoms with Crippen LogP contribution in [0.15, 0.2) is 36.4 Å². The molecule has 0 bridgehead atoms. The largest absolute Gasteiger partial charge is 0.444 e. The van der Waals surface area contributed by atoms with Crippen LogP contribution in [0.3, 0.4) is 0 Å². The van der Waals surface area contributed by atoms with Gasteiger partial charge in [0.2, 0.25) is 21.8 Å². The maximum absolute atomic E-state index is 14.5. The number of hydrogen-bond acceptors (Lipinski definition) is 7. The van der Waals surface area contributed by atoms with Crippen molar-refractivity contribution in [2.75, 3.05) is 6.54 Å². The summed E-state index contributed by atoms with van der Waals surface area (Å²) >= 11 is 6.35. The molecular formula is C37H44ClF2N3O7S. The summed E-state index contributed by atoms with van der Waals surface area (Å²) in [5.41, 5.74) is 0.193. The Morgan fingerprint density at radius 2 is 1.80 bits per heavy atom. The van der Waals surface area contributed by atoms with Gasteiger partial charge in [0.1, 0.15) is 6.10 Å². The zero-order valence-corrected chi connectivity index (χ0v) is 30.8. The van der Waals surface area contributed by atoms with Crippen LogP contribution < -0.4 is 4.72 Å². The van der Waals surface area contributed by atoms with Gasteiger partial charge in [-0.1, -0.05) is 63.9 Å². The molecule has 3 fully saturated rings. The van der Waals surface area contributed by atoms with Crippen LogP contribution in [0.1, 0.15) is 82.9 Å². The SMILES string of the molecule is CC[C@@H]1CC1(CC(=O)[C@@H]1C[C@@H](OC(=O)N2Cc3cccc(Cl)c3C2)CN1C(=O)[C@@H](Cc1ccc(F)c(F)c1)C(C)(C)C)C(=O)NS(=O)(=O)C1CC1. The lowest BCUT2D eigenvalue weighted by molar-refractivity contribution is -0.144. The number of rotatable bonds is 11. The van der Waals surface area contributed by atoms with Crippen LogP contribution in [0, 0.1) is 34.3 Å². The van der Waals surface area contributed by atoms with E-state index in [1.807, 2.05) is 33.8 Å². The van der Waals surface area contributed by atoms with Gasteiger partial charge in [-0.3, -0.25) is 24.0 Å². The van der Waals surface area contributed by atoms with Crippen LogP contribution in [0.2, 0.25) is 5.02 Å². The second-order valence-electron chi connectivity index (χ2n) is 15.6. The minimum atomic E-state index is -3.85. The number of amides is 3. The Kier molecular flexibility index (Phi) is 10.0. The number of ketones is 1. The van der Waals surface area contributed by atoms with Crippen molar-refractivity contribution in [3.05, 3.63) is 69.7 Å². The molecule has 2 saturated carbocycles. The van der Waals surface area contributed by atoms with Gasteiger partial charge in [-0.2, -0.15) is 0 Å². The highest BCUT2D eigenvalue weighted by atomic mass is 35.5. The lowest BCUT2D eigenvalue weighted by Gasteiger charge is -2.35. The Balaban J connectivity index is 1.25. The number of nitrogens with one attached hydrogen (secondary N) is 1. The molecule has 2 aliphatic carbocycles. The molecule has 276 valence electrons. The van der Waals surface area contributed by atoms with Gasteiger partial charge in [-0.25, -0.2) is 22.0 Å². The highest BCUT2D eigenvalue weighted by Crippen LogP contribution is 2.58. The fraction of sp³-hybridized carbons (Fsp3) is 0.568. The molecule has 6 rings (SSSR count). The van der Waals surface area contributed by atoms with E-state index < -0.39 is 79.5 Å². The Labute approximate surface area is 302 Å². The number of fused-ring (bicyclic) bond motifs is 1. The molecule has 4 aliphatic rings. The fourth-order valence-electron chi connectivity index (χ4n) is 7.64. The quantitative estimate of drug-likeness (QED) is 0.302. The van der Waals surface area contributed by atoms with E-state index in [1.54, 1.807) is 12.1 Å². The monoisotopic (exact) mass is 747 g/mol. The number of sulfonamides is 1. The first-order chi connectivity index (χ1) is 23.9. The molecule has 3 amide bonds. The lowest BCUT2D eigenvalue weighted by atomic mass is 9.76. The molecule has 1 unspecified atom stereocenters. The molecule has 2 aromatic carbocycles. The maximum atomic E-state index is 14.5. The van der Waals surface area contributed by atoms with Crippen molar-refractivity contribution >= 4 is 45.3 Å². The molecule has 0 radical (unpaired) electrons. The zero-order chi connectivity index (χ0) is 37.0. The summed E-state index contributed by atoms with van der Waals surface area (Å²) in [6.07, 6.45) is 0.0972. The first kappa shape index (κ1) is 37.2. The number of Topliss-reactive ketones (excluding diaryl/α,β-unsaturated/α-hetero) is 1. The number of carbonyl (C=O) groups excluding carboxylic acids is 4. The van der Waals surface area contributed by atoms with E-state index in [-0.39, 0.29) is 44.8 Å². The Bertz CT molecular complexity index is 1860. The topological polar surface area (TPSA) is 130 Å². The number of benzene rings is 2. The minimum absolute atomic E-state index is 0.0191. The third-order valence-electron chi connectivity index (χ3n) is 11.0. The van der Waals surface area contributed by atoms with Crippen molar-refractivity contribution in [3.63, 3.8) is 0 Å². The average Bonchev–Trinajstić information content (AvgIpc) is 3.95. The van der Waals surface area contributed by atoms with E-state index in [4.69, 9.17) is 16.3 Å². The van der Waals surface area contributed by atoms with Gasteiger partial charge in [0, 0.05) is 30.3 Å². The first-order valence-electron chi connectivity index (χ1n) is 17.5. The van der Waals surface area contributed by atoms with Gasteiger partial charge in [0.05, 0.1) is 29.8 Å². The van der Waals surface area contributed by atoms with E-state index >= 15 is 0 Å². The third kappa shape index (κ3) is 7.65. The lowest BCUT2D eigenvalue weighted by Crippen LogP contribution is -2.48. The third-order valence-corrected chi connectivity index (χ3v) is 13.2. The summed E-state index contributed by atoms with van der Waals surface area (Å²) in [6, 6.07) is 7.82. The number of carbonyl (C=O) groups is 4. The van der Waals surface area contributed by atoms with Crippen LogP contribution in [-0.4, -0.2) is 65.8 Å². The van der Waals surface area contributed by atoms with Crippen molar-refractivity contribution in [2.45, 2.75) is 103 Å². The zero-order valence-electron chi connectivity index (χ0n) is 29.2. The van der Waals surface area contributed by atoms with Gasteiger partial charge in [-0.15, -0.1) is 0 Å². The van der Waals surface area contributed by atoms with Gasteiger partial charge in [-0.05, 0) is 71.9 Å². The molecule has 10 nitrogen and oxygen atoms in total. The van der Waals surface area contributed by atoms with Crippen molar-refractivity contribution in [3.8, 4) is 0 Å². The van der Waals surface area contributed by atoms with Crippen molar-refractivity contribution in [2.24, 2.45) is 22.7 Å². The molecule has 2 heterocycles. The average molecular weight is 748 g/mol. The van der Waals surface area contributed by atoms with E-state index in [2.05, 4.69) is 4.72 Å². The highest BCUT2D eigenvalue weighted by Gasteiger charge is 2.62. The minimum Gasteiger partial charge on any atom is -0.444 e. The molecule has 1 saturated heterocycles. The second-order valence-corrected chi connectivity index (χ2v) is 18.0. The predicted octanol–water partition coefficient (Wildman–Crippen LogP) is 5.93. The number of nitrogens with zero attached hydrogens (tertiary/aromatic N) is 2. The van der Waals surface area contributed by atoms with Gasteiger partial charge in [0.15, 0.2) is 17.4 Å². The summed E-state index contributed by atoms with van der Waals surface area (Å²) in [7, 11) is -3.85. The molecule has 0 aromatic heterocycles. The standard InChI is InChI=1S/C37H44ClF2N3O7S/c1-5-23-16-37(23,34(46)41-51(48,49)25-10-11-25)17-32(44)31-15-24(50-35(47)42-18-22-7-6-8-28(38)26(22)20-42)19-43(31)33(45)27(36(2,3)4)13-21-9-12-29(39)30(40)14-21/h6-9,12,14,23-25,27,31H,5,10-11,13,15-20H2,1-4H3,(H,41,46)/t23-,24-,27-,31+,37?/m1/s1. The molecule has 2 aliphatic heterocycles. The summed E-state index contributed by atoms with van der Waals surface area (Å²) in [5.74, 6) is -4.61. The number of ether oxygens (including phenoxy) is 1. The van der Waals surface area contributed by atoms with E-state index in [9.17, 15) is 36.4 Å². The molecular weight excluding hydrogens is 704 g/mol. The Morgan fingerprint density at radius 1 is 1.08 bits per heavy atom. The summed E-state index contributed by atoms with van der Waals surface area (Å²) in [5, 5.41) is -0.0801. The van der Waals surface area contributed by atoms with E-state index in [1.165, 1.54) is 15.9 Å². The van der Waals surface area contributed by atoms with Crippen molar-refractivity contribution in [1.82, 2.24) is 14.5 Å². The normalized spacial score (nSPS) is 25.0. The fourth-order valence-corrected chi connectivity index (χ4v) is 9.28. The predicted molar refractivity (Wildman–Crippen MR) is 185 cm³/mol. The molecule has 2 aromatic rings. The highest BCUT2D eigenvalue weighted by molar-refractivity contribution is 7.90. The summed E-state index contributed by atoms with van der Waals surface area (Å²) in [6.45, 7) is 7.82. The van der Waals surface area contributed by atoms with E-state index in [0.29, 0.717) is 36.3 Å². The summed E-state index contributed by atoms with van der Waals surface area (Å²) in [4.78, 5) is 58.7. The Morgan fingerprint density at radius 3 is 2.41 bits per heavy atom. The number of halogens is 3. The van der Waals surface area contributed by atoms with Crippen LogP contribution in [0.4, 0.5) is 13.6 Å². The van der Waals surface area contributed by atoms with E-state index in [0.717, 1.165) is 23.3 Å². The van der Waals surface area contributed by atoms with Crippen molar-refractivity contribution in [1.29, 1.82) is 0 Å². The van der Waals surface area contributed by atoms with Crippen LogP contribution >= 0.6 is 11.6 Å². The van der Waals surface area contributed by atoms with Gasteiger partial charge >= 0.3 is 6.09 Å². The van der Waals surface area contributed by atoms with Crippen LogP contribution in [0.25, 0.3) is 0 Å². The maximum Gasteiger partial charge on any atom is 0.410 e. The van der Waals surface area contributed by atoms with Crippen LogP contribution in [-0.2, 0) is 48.7 Å². The smallest absolute Gasteiger partial charge is 0.410 e. The van der Waals surface area contributed by atoms with Gasteiger partial charge in [0.25, 0.3) is 0 Å². The molecule has 51 heavy (non-hydrogen) atoms. The summed E-state index contributed by atoms with van der Waals surface area (Å²) < 4.78 is 61.5. The number of likely N-dealkylation sites (tertiary alicyclic amines) is 1.